The summed E-state index contributed by atoms with van der Waals surface area (Å²) in [7, 11) is -9.90. The summed E-state index contributed by atoms with van der Waals surface area (Å²) < 4.78 is 68.4. The second-order valence-electron chi connectivity index (χ2n) is 26.3. The van der Waals surface area contributed by atoms with Gasteiger partial charge in [0.05, 0.1) is 26.4 Å². The molecule has 0 heterocycles. The second kappa shape index (κ2) is 67.6. The Bertz CT molecular complexity index is 1760. The van der Waals surface area contributed by atoms with Gasteiger partial charge in [-0.05, 0) is 25.7 Å². The van der Waals surface area contributed by atoms with E-state index in [1.165, 1.54) is 218 Å². The zero-order valence-electron chi connectivity index (χ0n) is 59.5. The minimum atomic E-state index is -4.95. The van der Waals surface area contributed by atoms with Crippen LogP contribution in [0, 0.1) is 0 Å². The van der Waals surface area contributed by atoms with Crippen LogP contribution in [-0.2, 0) is 65.4 Å². The number of unbranched alkanes of at least 4 members (excludes halogenated alkanes) is 48. The number of hydrogen-bond donors (Lipinski definition) is 3. The van der Waals surface area contributed by atoms with Gasteiger partial charge in [0.25, 0.3) is 0 Å². The van der Waals surface area contributed by atoms with Crippen molar-refractivity contribution in [2.75, 3.05) is 39.6 Å². The number of rotatable bonds is 74. The second-order valence-corrected chi connectivity index (χ2v) is 29.2. The summed E-state index contributed by atoms with van der Waals surface area (Å²) in [5.41, 5.74) is 0. The van der Waals surface area contributed by atoms with Crippen molar-refractivity contribution in [3.63, 3.8) is 0 Å². The molecule has 0 bridgehead atoms. The van der Waals surface area contributed by atoms with Crippen LogP contribution in [0.15, 0.2) is 0 Å². The normalized spacial score (nSPS) is 13.9. The lowest BCUT2D eigenvalue weighted by atomic mass is 10.0. The first-order valence-corrected chi connectivity index (χ1v) is 41.3. The van der Waals surface area contributed by atoms with E-state index in [2.05, 4.69) is 27.7 Å². The molecule has 3 N–H and O–H groups in total. The highest BCUT2D eigenvalue weighted by Crippen LogP contribution is 2.45. The van der Waals surface area contributed by atoms with Crippen LogP contribution in [0.25, 0.3) is 0 Å². The Morgan fingerprint density at radius 3 is 0.641 bits per heavy atom. The molecule has 17 nitrogen and oxygen atoms in total. The molecule has 0 saturated heterocycles. The van der Waals surface area contributed by atoms with Crippen molar-refractivity contribution in [3.05, 3.63) is 0 Å². The molecule has 0 aromatic carbocycles. The van der Waals surface area contributed by atoms with Gasteiger partial charge in [-0.25, -0.2) is 9.13 Å². The first-order chi connectivity index (χ1) is 44.7. The van der Waals surface area contributed by atoms with Gasteiger partial charge < -0.3 is 33.8 Å². The third-order valence-corrected chi connectivity index (χ3v) is 19.0. The summed E-state index contributed by atoms with van der Waals surface area (Å²) in [6, 6.07) is 0. The Kier molecular flexibility index (Phi) is 66.2. The average Bonchev–Trinajstić information content (AvgIpc) is 2.93. The van der Waals surface area contributed by atoms with E-state index in [-0.39, 0.29) is 25.7 Å². The van der Waals surface area contributed by atoms with Crippen LogP contribution in [0.4, 0.5) is 0 Å². The van der Waals surface area contributed by atoms with Crippen LogP contribution in [0.3, 0.4) is 0 Å². The summed E-state index contributed by atoms with van der Waals surface area (Å²) in [6.45, 7) is 4.97. The van der Waals surface area contributed by atoms with Crippen LogP contribution in [0.5, 0.6) is 0 Å². The first kappa shape index (κ1) is 90.1. The number of aliphatic hydroxyl groups excluding tert-OH is 1. The molecule has 0 spiro atoms. The zero-order chi connectivity index (χ0) is 67.5. The molecule has 0 fully saturated rings. The highest BCUT2D eigenvalue weighted by Gasteiger charge is 2.30. The molecular formula is C73H142O17P2. The molecule has 0 aromatic heterocycles. The summed E-state index contributed by atoms with van der Waals surface area (Å²) in [6.07, 6.45) is 56.6. The summed E-state index contributed by atoms with van der Waals surface area (Å²) >= 11 is 0. The van der Waals surface area contributed by atoms with Crippen LogP contribution in [0.2, 0.25) is 0 Å². The predicted molar refractivity (Wildman–Crippen MR) is 372 cm³/mol. The van der Waals surface area contributed by atoms with E-state index >= 15 is 0 Å². The maximum Gasteiger partial charge on any atom is 0.472 e. The van der Waals surface area contributed by atoms with Gasteiger partial charge in [-0.2, -0.15) is 0 Å². The molecule has 0 rings (SSSR count). The number of phosphoric acid groups is 2. The molecule has 0 aliphatic heterocycles. The maximum absolute atomic E-state index is 13.1. The number of ether oxygens (including phenoxy) is 4. The van der Waals surface area contributed by atoms with Gasteiger partial charge in [0.15, 0.2) is 12.2 Å². The largest absolute Gasteiger partial charge is 0.472 e. The van der Waals surface area contributed by atoms with Crippen molar-refractivity contribution in [2.45, 2.75) is 406 Å². The summed E-state index contributed by atoms with van der Waals surface area (Å²) in [5.74, 6) is -2.11. The fourth-order valence-electron chi connectivity index (χ4n) is 11.2. The summed E-state index contributed by atoms with van der Waals surface area (Å²) in [4.78, 5) is 72.7. The molecular weight excluding hydrogens is 1210 g/mol. The molecule has 3 unspecified atom stereocenters. The maximum atomic E-state index is 13.1. The molecule has 0 amide bonds. The zero-order valence-corrected chi connectivity index (χ0v) is 61.3. The van der Waals surface area contributed by atoms with Gasteiger partial charge in [-0.3, -0.25) is 37.3 Å². The number of hydrogen-bond acceptors (Lipinski definition) is 15. The third-order valence-electron chi connectivity index (χ3n) is 17.1. The SMILES string of the molecule is CCCCCCCCCCCCCCCCCC(=O)OC[C@H](COP(=O)(O)OCC(O)COP(=O)(O)OC[C@@H](COC(=O)CCCCCCCCCCCCC)OC(=O)CCCCCCCCCCCCC)OC(=O)CCCCCCCCCCCCCCCCC. The number of esters is 4. The van der Waals surface area contributed by atoms with Gasteiger partial charge in [-0.1, -0.05) is 336 Å². The minimum Gasteiger partial charge on any atom is -0.462 e. The van der Waals surface area contributed by atoms with Crippen LogP contribution >= 0.6 is 15.6 Å². The molecule has 0 aliphatic rings. The molecule has 19 heteroatoms. The van der Waals surface area contributed by atoms with Crippen molar-refractivity contribution in [1.29, 1.82) is 0 Å². The fourth-order valence-corrected chi connectivity index (χ4v) is 12.8. The predicted octanol–water partition coefficient (Wildman–Crippen LogP) is 21.4. The average molecular weight is 1350 g/mol. The van der Waals surface area contributed by atoms with Crippen LogP contribution in [0.1, 0.15) is 387 Å². The van der Waals surface area contributed by atoms with Crippen LogP contribution < -0.4 is 0 Å². The third kappa shape index (κ3) is 66.7. The van der Waals surface area contributed by atoms with E-state index in [0.29, 0.717) is 25.7 Å². The smallest absolute Gasteiger partial charge is 0.462 e. The lowest BCUT2D eigenvalue weighted by molar-refractivity contribution is -0.161. The van der Waals surface area contributed by atoms with Crippen molar-refractivity contribution >= 4 is 39.5 Å². The van der Waals surface area contributed by atoms with Gasteiger partial charge >= 0.3 is 39.5 Å². The molecule has 5 atom stereocenters. The Morgan fingerprint density at radius 2 is 0.435 bits per heavy atom. The Balaban J connectivity index is 5.24. The van der Waals surface area contributed by atoms with Gasteiger partial charge in [0.2, 0.25) is 0 Å². The van der Waals surface area contributed by atoms with Crippen LogP contribution in [-0.4, -0.2) is 96.7 Å². The number of carbonyl (C=O) groups is 4. The van der Waals surface area contributed by atoms with E-state index < -0.39 is 97.5 Å². The molecule has 92 heavy (non-hydrogen) atoms. The standard InChI is InChI=1S/C73H142O17P2/c1-5-9-13-17-21-25-29-31-33-35-39-42-46-50-54-58-71(76)84-64-69(90-73(78)60-56-52-48-44-40-36-34-32-30-26-22-18-14-10-6-2)66-88-92(81,82)86-62-67(74)61-85-91(79,80)87-65-68(89-72(77)59-55-51-47-43-38-28-24-20-16-12-8-4)63-83-70(75)57-53-49-45-41-37-27-23-19-15-11-7-3/h67-69,74H,5-66H2,1-4H3,(H,79,80)(H,81,82)/t67?,68-,69-/m1/s1. The quantitative estimate of drug-likeness (QED) is 0.0222. The monoisotopic (exact) mass is 1350 g/mol. The van der Waals surface area contributed by atoms with Gasteiger partial charge in [-0.15, -0.1) is 0 Å². The lowest BCUT2D eigenvalue weighted by Crippen LogP contribution is -2.30. The van der Waals surface area contributed by atoms with Gasteiger partial charge in [0.1, 0.15) is 19.3 Å². The van der Waals surface area contributed by atoms with Crippen molar-refractivity contribution < 1.29 is 80.2 Å². The molecule has 0 radical (unpaired) electrons. The van der Waals surface area contributed by atoms with Gasteiger partial charge in [0, 0.05) is 25.7 Å². The van der Waals surface area contributed by atoms with E-state index in [1.54, 1.807) is 0 Å². The minimum absolute atomic E-state index is 0.108. The fraction of sp³-hybridized carbons (Fsp3) is 0.945. The highest BCUT2D eigenvalue weighted by molar-refractivity contribution is 7.47. The van der Waals surface area contributed by atoms with E-state index in [0.717, 1.165) is 89.9 Å². The topological polar surface area (TPSA) is 237 Å². The summed E-state index contributed by atoms with van der Waals surface area (Å²) in [5, 5.41) is 10.6. The molecule has 546 valence electrons. The van der Waals surface area contributed by atoms with Crippen molar-refractivity contribution in [3.8, 4) is 0 Å². The molecule has 0 aromatic rings. The number of aliphatic hydroxyl groups is 1. The Morgan fingerprint density at radius 1 is 0.261 bits per heavy atom. The lowest BCUT2D eigenvalue weighted by Gasteiger charge is -2.21. The Labute approximate surface area is 562 Å². The number of phosphoric ester groups is 2. The van der Waals surface area contributed by atoms with E-state index in [4.69, 9.17) is 37.0 Å². The molecule has 0 saturated carbocycles. The molecule has 0 aliphatic carbocycles. The Hall–Kier alpha value is -1.94. The first-order valence-electron chi connectivity index (χ1n) is 38.3. The number of carbonyl (C=O) groups excluding carboxylic acids is 4. The van der Waals surface area contributed by atoms with E-state index in [1.807, 2.05) is 0 Å². The van der Waals surface area contributed by atoms with Crippen molar-refractivity contribution in [2.24, 2.45) is 0 Å². The van der Waals surface area contributed by atoms with Crippen molar-refractivity contribution in [1.82, 2.24) is 0 Å². The highest BCUT2D eigenvalue weighted by atomic mass is 31.2. The van der Waals surface area contributed by atoms with E-state index in [9.17, 15) is 43.2 Å².